The van der Waals surface area contributed by atoms with Crippen molar-refractivity contribution in [1.82, 2.24) is 10.9 Å². The van der Waals surface area contributed by atoms with Gasteiger partial charge < -0.3 is 0 Å². The van der Waals surface area contributed by atoms with Gasteiger partial charge in [0, 0.05) is 0 Å². The number of hydrogen-bond acceptors (Lipinski definition) is 2. The molecular formula is C23H22N2O2. The highest BCUT2D eigenvalue weighted by Crippen LogP contribution is 2.43. The van der Waals surface area contributed by atoms with Crippen LogP contribution in [0.15, 0.2) is 72.8 Å². The molecule has 136 valence electrons. The lowest BCUT2D eigenvalue weighted by Gasteiger charge is -2.40. The number of carbonyl (C=O) groups excluding carboxylic acids is 2. The second kappa shape index (κ2) is 7.23. The minimum Gasteiger partial charge on any atom is -0.273 e. The topological polar surface area (TPSA) is 58.2 Å². The summed E-state index contributed by atoms with van der Waals surface area (Å²) in [4.78, 5) is 25.2. The van der Waals surface area contributed by atoms with Crippen molar-refractivity contribution in [1.29, 1.82) is 0 Å². The minimum atomic E-state index is -0.520. The molecule has 0 bridgehead atoms. The molecule has 0 aliphatic heterocycles. The molecule has 1 saturated carbocycles. The van der Waals surface area contributed by atoms with Crippen LogP contribution in [0, 0.1) is 0 Å². The highest BCUT2D eigenvalue weighted by atomic mass is 16.2. The molecule has 1 aliphatic carbocycles. The normalized spacial score (nSPS) is 15.0. The molecular weight excluding hydrogens is 336 g/mol. The molecule has 2 amide bonds. The molecule has 0 atom stereocenters. The van der Waals surface area contributed by atoms with Crippen molar-refractivity contribution < 1.29 is 9.59 Å². The predicted molar refractivity (Wildman–Crippen MR) is 106 cm³/mol. The number of nitrogens with one attached hydrogen (secondary N) is 2. The molecule has 0 spiro atoms. The van der Waals surface area contributed by atoms with Gasteiger partial charge in [0.2, 0.25) is 11.8 Å². The van der Waals surface area contributed by atoms with Gasteiger partial charge >= 0.3 is 0 Å². The zero-order valence-corrected chi connectivity index (χ0v) is 15.1. The summed E-state index contributed by atoms with van der Waals surface area (Å²) in [6, 6.07) is 23.7. The monoisotopic (exact) mass is 358 g/mol. The van der Waals surface area contributed by atoms with E-state index in [1.807, 2.05) is 72.8 Å². The van der Waals surface area contributed by atoms with Crippen molar-refractivity contribution >= 4 is 22.6 Å². The van der Waals surface area contributed by atoms with Crippen molar-refractivity contribution in [3.05, 3.63) is 83.9 Å². The number of benzene rings is 3. The quantitative estimate of drug-likeness (QED) is 0.700. The van der Waals surface area contributed by atoms with Crippen molar-refractivity contribution in [2.45, 2.75) is 31.1 Å². The largest absolute Gasteiger partial charge is 0.273 e. The highest BCUT2D eigenvalue weighted by molar-refractivity contribution is 5.93. The molecule has 0 aromatic heterocycles. The number of hydrazine groups is 1. The van der Waals surface area contributed by atoms with Gasteiger partial charge in [0.15, 0.2) is 0 Å². The summed E-state index contributed by atoms with van der Waals surface area (Å²) in [5.74, 6) is -0.353. The van der Waals surface area contributed by atoms with E-state index in [-0.39, 0.29) is 18.2 Å². The smallest absolute Gasteiger partial charge is 0.249 e. The summed E-state index contributed by atoms with van der Waals surface area (Å²) < 4.78 is 0. The first-order chi connectivity index (χ1) is 13.2. The van der Waals surface area contributed by atoms with E-state index in [2.05, 4.69) is 10.9 Å². The summed E-state index contributed by atoms with van der Waals surface area (Å²) in [5.41, 5.74) is 6.69. The summed E-state index contributed by atoms with van der Waals surface area (Å²) in [6.07, 6.45) is 2.86. The lowest BCUT2D eigenvalue weighted by Crippen LogP contribution is -2.54. The van der Waals surface area contributed by atoms with Gasteiger partial charge in [-0.05, 0) is 34.7 Å². The minimum absolute atomic E-state index is 0.133. The molecule has 4 nitrogen and oxygen atoms in total. The van der Waals surface area contributed by atoms with E-state index in [1.165, 1.54) is 0 Å². The Bertz CT molecular complexity index is 973. The lowest BCUT2D eigenvalue weighted by molar-refractivity contribution is -0.134. The first-order valence-electron chi connectivity index (χ1n) is 9.30. The Morgan fingerprint density at radius 1 is 0.815 bits per heavy atom. The van der Waals surface area contributed by atoms with Crippen LogP contribution in [0.25, 0.3) is 10.8 Å². The zero-order chi connectivity index (χ0) is 18.7. The molecule has 4 heteroatoms. The maximum absolute atomic E-state index is 12.8. The third kappa shape index (κ3) is 3.31. The number of hydrogen-bond donors (Lipinski definition) is 2. The molecule has 1 aliphatic rings. The number of amides is 2. The van der Waals surface area contributed by atoms with E-state index in [0.29, 0.717) is 0 Å². The Morgan fingerprint density at radius 2 is 1.52 bits per heavy atom. The first-order valence-corrected chi connectivity index (χ1v) is 9.30. The van der Waals surface area contributed by atoms with Crippen LogP contribution in [0.5, 0.6) is 0 Å². The lowest BCUT2D eigenvalue weighted by atomic mass is 9.64. The van der Waals surface area contributed by atoms with Crippen molar-refractivity contribution in [2.75, 3.05) is 0 Å². The van der Waals surface area contributed by atoms with Gasteiger partial charge in [-0.2, -0.15) is 0 Å². The van der Waals surface area contributed by atoms with Gasteiger partial charge in [-0.1, -0.05) is 79.2 Å². The molecule has 3 aromatic rings. The summed E-state index contributed by atoms with van der Waals surface area (Å²) in [6.45, 7) is 0. The van der Waals surface area contributed by atoms with Gasteiger partial charge in [-0.3, -0.25) is 20.4 Å². The Hall–Kier alpha value is -3.14. The third-order valence-electron chi connectivity index (χ3n) is 5.51. The van der Waals surface area contributed by atoms with Gasteiger partial charge in [-0.25, -0.2) is 0 Å². The molecule has 27 heavy (non-hydrogen) atoms. The second-order valence-corrected chi connectivity index (χ2v) is 7.12. The van der Waals surface area contributed by atoms with Gasteiger partial charge in [0.05, 0.1) is 11.8 Å². The van der Waals surface area contributed by atoms with Crippen LogP contribution >= 0.6 is 0 Å². The summed E-state index contributed by atoms with van der Waals surface area (Å²) >= 11 is 0. The van der Waals surface area contributed by atoms with E-state index < -0.39 is 5.41 Å². The van der Waals surface area contributed by atoms with E-state index >= 15 is 0 Å². The van der Waals surface area contributed by atoms with Crippen LogP contribution in [-0.4, -0.2) is 11.8 Å². The zero-order valence-electron chi connectivity index (χ0n) is 15.1. The van der Waals surface area contributed by atoms with Crippen LogP contribution in [0.1, 0.15) is 30.4 Å². The number of fused-ring (bicyclic) bond motifs is 1. The summed E-state index contributed by atoms with van der Waals surface area (Å²) in [7, 11) is 0. The van der Waals surface area contributed by atoms with E-state index in [4.69, 9.17) is 0 Å². The van der Waals surface area contributed by atoms with E-state index in [9.17, 15) is 9.59 Å². The second-order valence-electron chi connectivity index (χ2n) is 7.12. The molecule has 4 rings (SSSR count). The van der Waals surface area contributed by atoms with E-state index in [1.54, 1.807) is 0 Å². The third-order valence-corrected chi connectivity index (χ3v) is 5.51. The van der Waals surface area contributed by atoms with Gasteiger partial charge in [0.25, 0.3) is 0 Å². The van der Waals surface area contributed by atoms with Crippen LogP contribution in [0.4, 0.5) is 0 Å². The standard InChI is InChI=1S/C23H22N2O2/c26-21(16-18-10-6-9-17-8-4-5-13-20(17)18)24-25-22(27)23(14-7-15-23)19-11-2-1-3-12-19/h1-6,8-13H,7,14-16H2,(H,24,26)(H,25,27). The average molecular weight is 358 g/mol. The van der Waals surface area contributed by atoms with Gasteiger partial charge in [-0.15, -0.1) is 0 Å². The highest BCUT2D eigenvalue weighted by Gasteiger charge is 2.45. The Morgan fingerprint density at radius 3 is 2.26 bits per heavy atom. The molecule has 0 heterocycles. The molecule has 1 fully saturated rings. The number of carbonyl (C=O) groups is 2. The average Bonchev–Trinajstić information content (AvgIpc) is 2.67. The predicted octanol–water partition coefficient (Wildman–Crippen LogP) is 3.65. The maximum atomic E-state index is 12.8. The molecule has 3 aromatic carbocycles. The summed E-state index contributed by atoms with van der Waals surface area (Å²) in [5, 5.41) is 2.16. The Labute approximate surface area is 158 Å². The van der Waals surface area contributed by atoms with Crippen molar-refractivity contribution in [3.63, 3.8) is 0 Å². The molecule has 0 radical (unpaired) electrons. The fourth-order valence-electron chi connectivity index (χ4n) is 3.84. The Kier molecular flexibility index (Phi) is 4.63. The Balaban J connectivity index is 1.42. The molecule has 2 N–H and O–H groups in total. The van der Waals surface area contributed by atoms with Crippen LogP contribution in [-0.2, 0) is 21.4 Å². The van der Waals surface area contributed by atoms with Crippen LogP contribution < -0.4 is 10.9 Å². The molecule has 0 saturated heterocycles. The van der Waals surface area contributed by atoms with E-state index in [0.717, 1.165) is 41.2 Å². The number of rotatable bonds is 4. The van der Waals surface area contributed by atoms with Crippen molar-refractivity contribution in [2.24, 2.45) is 0 Å². The first kappa shape index (κ1) is 17.3. The fraction of sp³-hybridized carbons (Fsp3) is 0.217. The molecule has 0 unspecified atom stereocenters. The van der Waals surface area contributed by atoms with Crippen molar-refractivity contribution in [3.8, 4) is 0 Å². The van der Waals surface area contributed by atoms with Crippen LogP contribution in [0.2, 0.25) is 0 Å². The maximum Gasteiger partial charge on any atom is 0.249 e. The van der Waals surface area contributed by atoms with Gasteiger partial charge in [0.1, 0.15) is 0 Å². The fourth-order valence-corrected chi connectivity index (χ4v) is 3.84. The van der Waals surface area contributed by atoms with Crippen LogP contribution in [0.3, 0.4) is 0 Å². The SMILES string of the molecule is O=C(Cc1cccc2ccccc12)NNC(=O)C1(c2ccccc2)CCC1.